The van der Waals surface area contributed by atoms with Gasteiger partial charge in [0.25, 0.3) is 0 Å². The van der Waals surface area contributed by atoms with Crippen molar-refractivity contribution < 1.29 is 8.42 Å². The average Bonchev–Trinajstić information content (AvgIpc) is 2.47. The maximum absolute atomic E-state index is 12.3. The Bertz CT molecular complexity index is 611. The van der Waals surface area contributed by atoms with Gasteiger partial charge in [-0.05, 0) is 43.4 Å². The summed E-state index contributed by atoms with van der Waals surface area (Å²) in [6, 6.07) is 6.73. The quantitative estimate of drug-likeness (QED) is 0.927. The summed E-state index contributed by atoms with van der Waals surface area (Å²) in [5.74, 6) is 0.443. The minimum Gasteiger partial charge on any atom is -0.211 e. The Labute approximate surface area is 120 Å². The van der Waals surface area contributed by atoms with Crippen molar-refractivity contribution >= 4 is 10.0 Å². The SMILES string of the molecule is Cc1ccc(C#N)cc1S(=O)(=O)NCC1CCCCC1. The fourth-order valence-corrected chi connectivity index (χ4v) is 4.04. The Balaban J connectivity index is 2.11. The van der Waals surface area contributed by atoms with Gasteiger partial charge >= 0.3 is 0 Å². The molecule has 1 aromatic rings. The lowest BCUT2D eigenvalue weighted by molar-refractivity contribution is 0.357. The largest absolute Gasteiger partial charge is 0.240 e. The van der Waals surface area contributed by atoms with E-state index in [4.69, 9.17) is 5.26 Å². The van der Waals surface area contributed by atoms with Gasteiger partial charge in [-0.2, -0.15) is 5.26 Å². The molecule has 0 heterocycles. The highest BCUT2D eigenvalue weighted by atomic mass is 32.2. The number of sulfonamides is 1. The Morgan fingerprint density at radius 1 is 1.30 bits per heavy atom. The number of nitrogens with zero attached hydrogens (tertiary/aromatic N) is 1. The van der Waals surface area contributed by atoms with E-state index in [-0.39, 0.29) is 4.90 Å². The molecule has 5 heteroatoms. The minimum atomic E-state index is -3.52. The molecule has 108 valence electrons. The Hall–Kier alpha value is -1.38. The van der Waals surface area contributed by atoms with Crippen LogP contribution in [-0.4, -0.2) is 15.0 Å². The molecule has 1 aliphatic carbocycles. The topological polar surface area (TPSA) is 70.0 Å². The fraction of sp³-hybridized carbons (Fsp3) is 0.533. The normalized spacial score (nSPS) is 16.8. The van der Waals surface area contributed by atoms with E-state index in [0.717, 1.165) is 12.8 Å². The molecule has 0 bridgehead atoms. The zero-order valence-corrected chi connectivity index (χ0v) is 12.5. The maximum Gasteiger partial charge on any atom is 0.240 e. The number of nitrogens with one attached hydrogen (secondary N) is 1. The first kappa shape index (κ1) is 15.0. The predicted octanol–water partition coefficient (Wildman–Crippen LogP) is 2.73. The summed E-state index contributed by atoms with van der Waals surface area (Å²) in [6.07, 6.45) is 5.83. The number of benzene rings is 1. The first-order valence-corrected chi connectivity index (χ1v) is 8.51. The van der Waals surface area contributed by atoms with Crippen LogP contribution in [0.2, 0.25) is 0 Å². The highest BCUT2D eigenvalue weighted by Crippen LogP contribution is 2.24. The third-order valence-electron chi connectivity index (χ3n) is 3.89. The summed E-state index contributed by atoms with van der Waals surface area (Å²) < 4.78 is 27.4. The first-order chi connectivity index (χ1) is 9.53. The smallest absolute Gasteiger partial charge is 0.211 e. The van der Waals surface area contributed by atoms with E-state index in [1.54, 1.807) is 19.1 Å². The number of nitriles is 1. The monoisotopic (exact) mass is 292 g/mol. The second kappa shape index (κ2) is 6.38. The first-order valence-electron chi connectivity index (χ1n) is 7.03. The van der Waals surface area contributed by atoms with Crippen LogP contribution in [0.1, 0.15) is 43.2 Å². The molecule has 1 fully saturated rings. The van der Waals surface area contributed by atoms with Crippen LogP contribution < -0.4 is 4.72 Å². The van der Waals surface area contributed by atoms with Crippen molar-refractivity contribution in [2.75, 3.05) is 6.54 Å². The van der Waals surface area contributed by atoms with E-state index in [0.29, 0.717) is 23.6 Å². The summed E-state index contributed by atoms with van der Waals surface area (Å²) in [4.78, 5) is 0.215. The van der Waals surface area contributed by atoms with Gasteiger partial charge in [-0.3, -0.25) is 0 Å². The summed E-state index contributed by atoms with van der Waals surface area (Å²) in [7, 11) is -3.52. The summed E-state index contributed by atoms with van der Waals surface area (Å²) in [6.45, 7) is 2.24. The molecule has 1 aromatic carbocycles. The minimum absolute atomic E-state index is 0.215. The van der Waals surface area contributed by atoms with E-state index in [1.807, 2.05) is 6.07 Å². The van der Waals surface area contributed by atoms with E-state index >= 15 is 0 Å². The molecule has 4 nitrogen and oxygen atoms in total. The molecule has 0 aromatic heterocycles. The molecule has 0 radical (unpaired) electrons. The van der Waals surface area contributed by atoms with Crippen LogP contribution in [0.15, 0.2) is 23.1 Å². The van der Waals surface area contributed by atoms with Crippen molar-refractivity contribution in [2.45, 2.75) is 43.9 Å². The number of hydrogen-bond acceptors (Lipinski definition) is 3. The summed E-state index contributed by atoms with van der Waals surface area (Å²) in [5, 5.41) is 8.89. The molecule has 0 saturated heterocycles. The highest BCUT2D eigenvalue weighted by Gasteiger charge is 2.20. The molecule has 2 rings (SSSR count). The number of aryl methyl sites for hydroxylation is 1. The predicted molar refractivity (Wildman–Crippen MR) is 77.7 cm³/mol. The molecule has 0 spiro atoms. The summed E-state index contributed by atoms with van der Waals surface area (Å²) >= 11 is 0. The van der Waals surface area contributed by atoms with Crippen LogP contribution in [-0.2, 0) is 10.0 Å². The molecular formula is C15H20N2O2S. The van der Waals surface area contributed by atoms with Gasteiger partial charge in [0.2, 0.25) is 10.0 Å². The molecule has 20 heavy (non-hydrogen) atoms. The van der Waals surface area contributed by atoms with Crippen LogP contribution >= 0.6 is 0 Å². The van der Waals surface area contributed by atoms with E-state index in [1.165, 1.54) is 25.3 Å². The third-order valence-corrected chi connectivity index (χ3v) is 5.46. The lowest BCUT2D eigenvalue weighted by atomic mass is 9.90. The average molecular weight is 292 g/mol. The standard InChI is InChI=1S/C15H20N2O2S/c1-12-7-8-14(10-16)9-15(12)20(18,19)17-11-13-5-3-2-4-6-13/h7-9,13,17H,2-6,11H2,1H3. The highest BCUT2D eigenvalue weighted by molar-refractivity contribution is 7.89. The van der Waals surface area contributed by atoms with Crippen molar-refractivity contribution in [3.05, 3.63) is 29.3 Å². The van der Waals surface area contributed by atoms with Gasteiger partial charge in [-0.25, -0.2) is 13.1 Å². The summed E-state index contributed by atoms with van der Waals surface area (Å²) in [5.41, 5.74) is 1.04. The van der Waals surface area contributed by atoms with Gasteiger partial charge in [0.15, 0.2) is 0 Å². The van der Waals surface area contributed by atoms with Crippen molar-refractivity contribution in [3.8, 4) is 6.07 Å². The zero-order chi connectivity index (χ0) is 14.6. The molecule has 1 saturated carbocycles. The van der Waals surface area contributed by atoms with Gasteiger partial charge in [0.1, 0.15) is 0 Å². The van der Waals surface area contributed by atoms with Crippen LogP contribution in [0.5, 0.6) is 0 Å². The molecule has 1 N–H and O–H groups in total. The van der Waals surface area contributed by atoms with Crippen molar-refractivity contribution in [3.63, 3.8) is 0 Å². The van der Waals surface area contributed by atoms with Crippen molar-refractivity contribution in [1.82, 2.24) is 4.72 Å². The second-order valence-corrected chi connectivity index (χ2v) is 7.18. The van der Waals surface area contributed by atoms with Gasteiger partial charge in [0.05, 0.1) is 16.5 Å². The molecule has 0 amide bonds. The zero-order valence-electron chi connectivity index (χ0n) is 11.7. The van der Waals surface area contributed by atoms with Crippen molar-refractivity contribution in [2.24, 2.45) is 5.92 Å². The third kappa shape index (κ3) is 3.59. The molecule has 1 aliphatic rings. The molecule has 0 atom stereocenters. The van der Waals surface area contributed by atoms with Gasteiger partial charge in [-0.15, -0.1) is 0 Å². The van der Waals surface area contributed by atoms with Crippen LogP contribution in [0.3, 0.4) is 0 Å². The Kier molecular flexibility index (Phi) is 4.79. The van der Waals surface area contributed by atoms with Crippen LogP contribution in [0, 0.1) is 24.2 Å². The lowest BCUT2D eigenvalue weighted by Crippen LogP contribution is -2.30. The van der Waals surface area contributed by atoms with Gasteiger partial charge in [0, 0.05) is 6.54 Å². The number of hydrogen-bond donors (Lipinski definition) is 1. The Morgan fingerprint density at radius 2 is 2.00 bits per heavy atom. The lowest BCUT2D eigenvalue weighted by Gasteiger charge is -2.22. The van der Waals surface area contributed by atoms with Gasteiger partial charge < -0.3 is 0 Å². The van der Waals surface area contributed by atoms with Crippen LogP contribution in [0.25, 0.3) is 0 Å². The fourth-order valence-electron chi connectivity index (χ4n) is 2.66. The van der Waals surface area contributed by atoms with E-state index in [9.17, 15) is 8.42 Å². The van der Waals surface area contributed by atoms with Crippen LogP contribution in [0.4, 0.5) is 0 Å². The molecule has 0 unspecified atom stereocenters. The van der Waals surface area contributed by atoms with Crippen molar-refractivity contribution in [1.29, 1.82) is 5.26 Å². The number of rotatable bonds is 4. The Morgan fingerprint density at radius 3 is 2.65 bits per heavy atom. The molecule has 0 aliphatic heterocycles. The van der Waals surface area contributed by atoms with E-state index in [2.05, 4.69) is 4.72 Å². The second-order valence-electron chi connectivity index (χ2n) is 5.45. The van der Waals surface area contributed by atoms with Gasteiger partial charge in [-0.1, -0.05) is 25.3 Å². The molecular weight excluding hydrogens is 272 g/mol. The maximum atomic E-state index is 12.3. The van der Waals surface area contributed by atoms with E-state index < -0.39 is 10.0 Å².